The van der Waals surface area contributed by atoms with Crippen molar-refractivity contribution in [2.75, 3.05) is 4.90 Å². The Labute approximate surface area is 103 Å². The number of rotatable bonds is 2. The van der Waals surface area contributed by atoms with Gasteiger partial charge in [-0.1, -0.05) is 0 Å². The summed E-state index contributed by atoms with van der Waals surface area (Å²) < 4.78 is 18.2. The molecule has 0 saturated carbocycles. The largest absolute Gasteiger partial charge is 0.467 e. The number of hydrogen-bond donors (Lipinski definition) is 1. The molecule has 2 aromatic rings. The van der Waals surface area contributed by atoms with Gasteiger partial charge in [0.2, 0.25) is 5.91 Å². The predicted molar refractivity (Wildman–Crippen MR) is 63.3 cm³/mol. The van der Waals surface area contributed by atoms with Gasteiger partial charge in [0.1, 0.15) is 23.7 Å². The van der Waals surface area contributed by atoms with Crippen molar-refractivity contribution in [1.82, 2.24) is 0 Å². The summed E-state index contributed by atoms with van der Waals surface area (Å²) in [6.45, 7) is 0. The quantitative estimate of drug-likeness (QED) is 0.822. The number of furan rings is 1. The molecular formula is C13H11FN2O2. The third-order valence-corrected chi connectivity index (χ3v) is 3.08. The number of anilines is 1. The van der Waals surface area contributed by atoms with Crippen molar-refractivity contribution in [2.45, 2.75) is 12.1 Å². The normalized spacial score (nSPS) is 23.0. The lowest BCUT2D eigenvalue weighted by atomic mass is 9.92. The van der Waals surface area contributed by atoms with Crippen molar-refractivity contribution >= 4 is 11.6 Å². The molecule has 2 N–H and O–H groups in total. The third kappa shape index (κ3) is 1.52. The van der Waals surface area contributed by atoms with Crippen LogP contribution in [0, 0.1) is 5.82 Å². The first-order valence-electron chi connectivity index (χ1n) is 5.56. The Kier molecular flexibility index (Phi) is 2.41. The topological polar surface area (TPSA) is 59.5 Å². The number of nitrogens with zero attached hydrogens (tertiary/aromatic N) is 1. The van der Waals surface area contributed by atoms with Crippen LogP contribution in [0.4, 0.5) is 10.1 Å². The maximum Gasteiger partial charge on any atom is 0.247 e. The fraction of sp³-hybridized carbons (Fsp3) is 0.154. The van der Waals surface area contributed by atoms with Crippen LogP contribution in [0.15, 0.2) is 47.1 Å². The van der Waals surface area contributed by atoms with E-state index in [1.54, 1.807) is 24.3 Å². The second-order valence-electron chi connectivity index (χ2n) is 4.17. The van der Waals surface area contributed by atoms with E-state index in [1.165, 1.54) is 23.3 Å². The molecular weight excluding hydrogens is 235 g/mol. The molecule has 5 heteroatoms. The van der Waals surface area contributed by atoms with Gasteiger partial charge in [0.05, 0.1) is 6.26 Å². The molecule has 2 atom stereocenters. The lowest BCUT2D eigenvalue weighted by Crippen LogP contribution is -2.63. The van der Waals surface area contributed by atoms with Crippen molar-refractivity contribution in [2.24, 2.45) is 5.73 Å². The number of carbonyl (C=O) groups excluding carboxylic acids is 1. The van der Waals surface area contributed by atoms with Gasteiger partial charge in [0.25, 0.3) is 0 Å². The second-order valence-corrected chi connectivity index (χ2v) is 4.17. The summed E-state index contributed by atoms with van der Waals surface area (Å²) in [4.78, 5) is 13.3. The molecule has 1 aromatic carbocycles. The highest BCUT2D eigenvalue weighted by molar-refractivity contribution is 6.05. The summed E-state index contributed by atoms with van der Waals surface area (Å²) in [6, 6.07) is 8.31. The first-order chi connectivity index (χ1) is 8.68. The van der Waals surface area contributed by atoms with Crippen molar-refractivity contribution in [3.05, 3.63) is 54.2 Å². The van der Waals surface area contributed by atoms with Crippen LogP contribution in [-0.2, 0) is 4.79 Å². The van der Waals surface area contributed by atoms with E-state index in [2.05, 4.69) is 0 Å². The summed E-state index contributed by atoms with van der Waals surface area (Å²) >= 11 is 0. The number of hydrogen-bond acceptors (Lipinski definition) is 3. The van der Waals surface area contributed by atoms with E-state index in [0.717, 1.165) is 0 Å². The minimum absolute atomic E-state index is 0.192. The van der Waals surface area contributed by atoms with Gasteiger partial charge >= 0.3 is 0 Å². The van der Waals surface area contributed by atoms with Gasteiger partial charge < -0.3 is 10.2 Å². The molecule has 0 radical (unpaired) electrons. The molecule has 1 aliphatic rings. The number of halogens is 1. The average molecular weight is 246 g/mol. The predicted octanol–water partition coefficient (Wildman–Crippen LogP) is 1.83. The highest BCUT2D eigenvalue weighted by atomic mass is 19.1. The lowest BCUT2D eigenvalue weighted by Gasteiger charge is -2.44. The van der Waals surface area contributed by atoms with E-state index in [9.17, 15) is 9.18 Å². The fourth-order valence-corrected chi connectivity index (χ4v) is 2.16. The first-order valence-corrected chi connectivity index (χ1v) is 5.56. The van der Waals surface area contributed by atoms with Crippen molar-refractivity contribution in [3.63, 3.8) is 0 Å². The van der Waals surface area contributed by atoms with Crippen molar-refractivity contribution in [3.8, 4) is 0 Å². The van der Waals surface area contributed by atoms with Crippen LogP contribution in [0.2, 0.25) is 0 Å². The van der Waals surface area contributed by atoms with Gasteiger partial charge in [0.15, 0.2) is 0 Å². The molecule has 92 valence electrons. The van der Waals surface area contributed by atoms with Crippen LogP contribution in [0.5, 0.6) is 0 Å². The minimum Gasteiger partial charge on any atom is -0.467 e. The monoisotopic (exact) mass is 246 g/mol. The summed E-state index contributed by atoms with van der Waals surface area (Å²) in [5.74, 6) is 0.0972. The van der Waals surface area contributed by atoms with Crippen molar-refractivity contribution in [1.29, 1.82) is 0 Å². The number of β-lactam (4-membered cyclic amide) rings is 1. The van der Waals surface area contributed by atoms with Gasteiger partial charge in [-0.2, -0.15) is 0 Å². The van der Waals surface area contributed by atoms with Crippen LogP contribution < -0.4 is 10.6 Å². The summed E-state index contributed by atoms with van der Waals surface area (Å²) in [6.07, 6.45) is 1.54. The molecule has 1 aromatic heterocycles. The van der Waals surface area contributed by atoms with Crippen LogP contribution in [0.25, 0.3) is 0 Å². The SMILES string of the molecule is N[C@H]1C(=O)N(c2ccc(F)cc2)[C@H]1c1ccco1. The Morgan fingerprint density at radius 1 is 1.22 bits per heavy atom. The maximum absolute atomic E-state index is 12.9. The lowest BCUT2D eigenvalue weighted by molar-refractivity contribution is -0.126. The fourth-order valence-electron chi connectivity index (χ4n) is 2.16. The van der Waals surface area contributed by atoms with Crippen LogP contribution >= 0.6 is 0 Å². The Morgan fingerprint density at radius 3 is 2.56 bits per heavy atom. The smallest absolute Gasteiger partial charge is 0.247 e. The first kappa shape index (κ1) is 11.0. The van der Waals surface area contributed by atoms with Gasteiger partial charge in [-0.3, -0.25) is 9.69 Å². The summed E-state index contributed by atoms with van der Waals surface area (Å²) in [5.41, 5.74) is 6.41. The van der Waals surface area contributed by atoms with Gasteiger partial charge in [0, 0.05) is 5.69 Å². The highest BCUT2D eigenvalue weighted by Gasteiger charge is 2.48. The van der Waals surface area contributed by atoms with E-state index in [-0.39, 0.29) is 17.8 Å². The molecule has 1 aliphatic heterocycles. The Morgan fingerprint density at radius 2 is 1.94 bits per heavy atom. The number of amides is 1. The molecule has 1 amide bonds. The molecule has 0 aliphatic carbocycles. The summed E-state index contributed by atoms with van der Waals surface area (Å²) in [5, 5.41) is 0. The molecule has 1 fully saturated rings. The van der Waals surface area contributed by atoms with Crippen LogP contribution in [-0.4, -0.2) is 11.9 Å². The second kappa shape index (κ2) is 3.96. The Bertz CT molecular complexity index is 565. The van der Waals surface area contributed by atoms with E-state index in [4.69, 9.17) is 10.2 Å². The van der Waals surface area contributed by atoms with Gasteiger partial charge in [-0.15, -0.1) is 0 Å². The standard InChI is InChI=1S/C13H11FN2O2/c14-8-3-5-9(6-4-8)16-12(11(15)13(16)17)10-2-1-7-18-10/h1-7,11-12H,15H2/t11-,12+/m1/s1. The average Bonchev–Trinajstić information content (AvgIpc) is 2.89. The molecule has 0 spiro atoms. The van der Waals surface area contributed by atoms with E-state index < -0.39 is 6.04 Å². The molecule has 2 heterocycles. The molecule has 4 nitrogen and oxygen atoms in total. The minimum atomic E-state index is -0.610. The van der Waals surface area contributed by atoms with E-state index >= 15 is 0 Å². The van der Waals surface area contributed by atoms with E-state index in [1.807, 2.05) is 0 Å². The van der Waals surface area contributed by atoms with Gasteiger partial charge in [-0.05, 0) is 36.4 Å². The number of benzene rings is 1. The van der Waals surface area contributed by atoms with Crippen molar-refractivity contribution < 1.29 is 13.6 Å². The zero-order valence-corrected chi connectivity index (χ0v) is 9.42. The molecule has 18 heavy (non-hydrogen) atoms. The Balaban J connectivity index is 1.95. The maximum atomic E-state index is 12.9. The number of nitrogens with two attached hydrogens (primary N) is 1. The molecule has 1 saturated heterocycles. The van der Waals surface area contributed by atoms with E-state index in [0.29, 0.717) is 11.4 Å². The Hall–Kier alpha value is -2.14. The van der Waals surface area contributed by atoms with Crippen LogP contribution in [0.1, 0.15) is 11.8 Å². The van der Waals surface area contributed by atoms with Crippen LogP contribution in [0.3, 0.4) is 0 Å². The molecule has 0 bridgehead atoms. The summed E-state index contributed by atoms with van der Waals surface area (Å²) in [7, 11) is 0. The number of carbonyl (C=O) groups is 1. The molecule has 0 unspecified atom stereocenters. The third-order valence-electron chi connectivity index (χ3n) is 3.08. The highest BCUT2D eigenvalue weighted by Crippen LogP contribution is 2.38. The zero-order chi connectivity index (χ0) is 12.7. The zero-order valence-electron chi connectivity index (χ0n) is 9.42. The molecule has 3 rings (SSSR count). The van der Waals surface area contributed by atoms with Gasteiger partial charge in [-0.25, -0.2) is 4.39 Å².